The number of nitrogens with zero attached hydrogens (tertiary/aromatic N) is 2. The van der Waals surface area contributed by atoms with Gasteiger partial charge in [-0.1, -0.05) is 6.92 Å². The highest BCUT2D eigenvalue weighted by molar-refractivity contribution is 5.96. The Morgan fingerprint density at radius 3 is 2.88 bits per heavy atom. The summed E-state index contributed by atoms with van der Waals surface area (Å²) in [5, 5.41) is 15.0. The van der Waals surface area contributed by atoms with E-state index in [1.165, 1.54) is 13.1 Å². The van der Waals surface area contributed by atoms with Crippen molar-refractivity contribution in [3.05, 3.63) is 18.0 Å². The first-order valence-electron chi connectivity index (χ1n) is 5.10. The van der Waals surface area contributed by atoms with Gasteiger partial charge in [0.25, 0.3) is 5.91 Å². The van der Waals surface area contributed by atoms with Crippen molar-refractivity contribution in [3.8, 4) is 0 Å². The number of carboxylic acids is 1. The van der Waals surface area contributed by atoms with E-state index in [0.717, 1.165) is 13.0 Å². The van der Waals surface area contributed by atoms with Crippen molar-refractivity contribution in [1.29, 1.82) is 0 Å². The quantitative estimate of drug-likeness (QED) is 0.764. The van der Waals surface area contributed by atoms with Crippen LogP contribution < -0.4 is 5.32 Å². The summed E-state index contributed by atoms with van der Waals surface area (Å²) in [6.45, 7) is 4.16. The highest BCUT2D eigenvalue weighted by Gasteiger charge is 2.16. The number of rotatable bonds is 5. The van der Waals surface area contributed by atoms with Crippen LogP contribution >= 0.6 is 0 Å². The van der Waals surface area contributed by atoms with Crippen molar-refractivity contribution < 1.29 is 14.7 Å². The average Bonchev–Trinajstić information content (AvgIpc) is 2.66. The Morgan fingerprint density at radius 2 is 2.31 bits per heavy atom. The van der Waals surface area contributed by atoms with Gasteiger partial charge in [0.2, 0.25) is 0 Å². The summed E-state index contributed by atoms with van der Waals surface area (Å²) in [6.07, 6.45) is 3.96. The molecule has 0 aromatic carbocycles. The Labute approximate surface area is 93.3 Å². The molecule has 1 amide bonds. The molecule has 0 aliphatic carbocycles. The molecule has 0 saturated carbocycles. The van der Waals surface area contributed by atoms with Crippen LogP contribution in [0.3, 0.4) is 0 Å². The number of carbonyl (C=O) groups is 2. The molecule has 0 radical (unpaired) electrons. The Hall–Kier alpha value is -1.85. The molecule has 0 aliphatic heterocycles. The van der Waals surface area contributed by atoms with Gasteiger partial charge in [-0.05, 0) is 13.3 Å². The molecular weight excluding hydrogens is 210 g/mol. The third-order valence-electron chi connectivity index (χ3n) is 2.07. The maximum Gasteiger partial charge on any atom is 0.325 e. The molecule has 1 aromatic rings. The smallest absolute Gasteiger partial charge is 0.325 e. The molecule has 1 unspecified atom stereocenters. The van der Waals surface area contributed by atoms with Crippen LogP contribution in [0.4, 0.5) is 0 Å². The lowest BCUT2D eigenvalue weighted by atomic mass is 10.3. The van der Waals surface area contributed by atoms with Crippen molar-refractivity contribution in [2.75, 3.05) is 0 Å². The van der Waals surface area contributed by atoms with Gasteiger partial charge in [0.1, 0.15) is 6.04 Å². The second-order valence-corrected chi connectivity index (χ2v) is 3.53. The molecule has 0 spiro atoms. The Morgan fingerprint density at radius 1 is 1.62 bits per heavy atom. The third kappa shape index (κ3) is 3.08. The Kier molecular flexibility index (Phi) is 4.04. The first-order valence-corrected chi connectivity index (χ1v) is 5.10. The van der Waals surface area contributed by atoms with Crippen molar-refractivity contribution >= 4 is 11.9 Å². The summed E-state index contributed by atoms with van der Waals surface area (Å²) >= 11 is 0. The van der Waals surface area contributed by atoms with Crippen molar-refractivity contribution in [3.63, 3.8) is 0 Å². The monoisotopic (exact) mass is 225 g/mol. The van der Waals surface area contributed by atoms with Crippen LogP contribution in [0.15, 0.2) is 12.4 Å². The number of amides is 1. The van der Waals surface area contributed by atoms with Crippen LogP contribution in [0.25, 0.3) is 0 Å². The molecule has 16 heavy (non-hydrogen) atoms. The molecule has 1 aromatic heterocycles. The molecule has 6 heteroatoms. The zero-order valence-electron chi connectivity index (χ0n) is 9.30. The van der Waals surface area contributed by atoms with Gasteiger partial charge in [-0.15, -0.1) is 0 Å². The van der Waals surface area contributed by atoms with Crippen LogP contribution in [0.5, 0.6) is 0 Å². The van der Waals surface area contributed by atoms with Gasteiger partial charge in [-0.3, -0.25) is 14.3 Å². The molecule has 1 rings (SSSR count). The minimum absolute atomic E-state index is 0.376. The third-order valence-corrected chi connectivity index (χ3v) is 2.07. The lowest BCUT2D eigenvalue weighted by molar-refractivity contribution is -0.138. The Balaban J connectivity index is 2.62. The summed E-state index contributed by atoms with van der Waals surface area (Å²) in [6, 6.07) is -0.901. The van der Waals surface area contributed by atoms with Crippen LogP contribution in [0.2, 0.25) is 0 Å². The van der Waals surface area contributed by atoms with Crippen LogP contribution in [0, 0.1) is 0 Å². The maximum absolute atomic E-state index is 11.5. The lowest BCUT2D eigenvalue weighted by Gasteiger charge is -2.07. The summed E-state index contributed by atoms with van der Waals surface area (Å²) < 4.78 is 1.65. The first-order chi connectivity index (χ1) is 7.54. The summed E-state index contributed by atoms with van der Waals surface area (Å²) in [5.41, 5.74) is 0.376. The van der Waals surface area contributed by atoms with Gasteiger partial charge in [0, 0.05) is 12.7 Å². The van der Waals surface area contributed by atoms with Crippen molar-refractivity contribution in [1.82, 2.24) is 15.1 Å². The summed E-state index contributed by atoms with van der Waals surface area (Å²) in [7, 11) is 0. The van der Waals surface area contributed by atoms with Gasteiger partial charge in [0.05, 0.1) is 11.8 Å². The number of aryl methyl sites for hydroxylation is 1. The molecule has 6 nitrogen and oxygen atoms in total. The highest BCUT2D eigenvalue weighted by Crippen LogP contribution is 1.99. The van der Waals surface area contributed by atoms with E-state index in [1.807, 2.05) is 6.92 Å². The van der Waals surface area contributed by atoms with Crippen LogP contribution in [0.1, 0.15) is 30.6 Å². The molecule has 88 valence electrons. The van der Waals surface area contributed by atoms with Crippen LogP contribution in [-0.4, -0.2) is 32.8 Å². The zero-order valence-corrected chi connectivity index (χ0v) is 9.30. The highest BCUT2D eigenvalue weighted by atomic mass is 16.4. The topological polar surface area (TPSA) is 84.2 Å². The van der Waals surface area contributed by atoms with Crippen molar-refractivity contribution in [2.45, 2.75) is 32.9 Å². The van der Waals surface area contributed by atoms with Gasteiger partial charge in [0.15, 0.2) is 0 Å². The second-order valence-electron chi connectivity index (χ2n) is 3.53. The minimum atomic E-state index is -1.06. The number of hydrogen-bond acceptors (Lipinski definition) is 3. The lowest BCUT2D eigenvalue weighted by Crippen LogP contribution is -2.38. The molecule has 0 fully saturated rings. The summed E-state index contributed by atoms with van der Waals surface area (Å²) in [5.74, 6) is -1.48. The number of hydrogen-bond donors (Lipinski definition) is 2. The predicted molar refractivity (Wildman–Crippen MR) is 57.1 cm³/mol. The van der Waals surface area contributed by atoms with Crippen LogP contribution in [-0.2, 0) is 11.3 Å². The van der Waals surface area contributed by atoms with Gasteiger partial charge in [-0.25, -0.2) is 0 Å². The Bertz CT molecular complexity index is 386. The number of carbonyl (C=O) groups excluding carboxylic acids is 1. The fraction of sp³-hybridized carbons (Fsp3) is 0.500. The zero-order chi connectivity index (χ0) is 12.1. The number of carboxylic acid groups (broad SMARTS) is 1. The van der Waals surface area contributed by atoms with E-state index >= 15 is 0 Å². The molecule has 0 bridgehead atoms. The van der Waals surface area contributed by atoms with Gasteiger partial charge < -0.3 is 10.4 Å². The van der Waals surface area contributed by atoms with E-state index < -0.39 is 17.9 Å². The standard InChI is InChI=1S/C10H15N3O3/c1-3-4-13-6-8(5-11-13)9(14)12-7(2)10(15)16/h5-7H,3-4H2,1-2H3,(H,12,14)(H,15,16). The number of aliphatic carboxylic acids is 1. The van der Waals surface area contributed by atoms with Gasteiger partial charge >= 0.3 is 5.97 Å². The average molecular weight is 225 g/mol. The molecule has 1 heterocycles. The molecule has 2 N–H and O–H groups in total. The van der Waals surface area contributed by atoms with E-state index in [4.69, 9.17) is 5.11 Å². The molecular formula is C10H15N3O3. The van der Waals surface area contributed by atoms with E-state index in [0.29, 0.717) is 5.56 Å². The van der Waals surface area contributed by atoms with E-state index in [-0.39, 0.29) is 0 Å². The van der Waals surface area contributed by atoms with Crippen molar-refractivity contribution in [2.24, 2.45) is 0 Å². The largest absolute Gasteiger partial charge is 0.480 e. The van der Waals surface area contributed by atoms with E-state index in [2.05, 4.69) is 10.4 Å². The number of nitrogens with one attached hydrogen (secondary N) is 1. The van der Waals surface area contributed by atoms with E-state index in [9.17, 15) is 9.59 Å². The normalized spacial score (nSPS) is 12.1. The molecule has 0 aliphatic rings. The molecule has 0 saturated heterocycles. The SMILES string of the molecule is CCCn1cc(C(=O)NC(C)C(=O)O)cn1. The summed E-state index contributed by atoms with van der Waals surface area (Å²) in [4.78, 5) is 22.1. The number of aromatic nitrogens is 2. The fourth-order valence-electron chi connectivity index (χ4n) is 1.17. The fourth-order valence-corrected chi connectivity index (χ4v) is 1.17. The minimum Gasteiger partial charge on any atom is -0.480 e. The maximum atomic E-state index is 11.5. The van der Waals surface area contributed by atoms with E-state index in [1.54, 1.807) is 10.9 Å². The molecule has 1 atom stereocenters. The predicted octanol–water partition coefficient (Wildman–Crippen LogP) is 0.496. The van der Waals surface area contributed by atoms with Gasteiger partial charge in [-0.2, -0.15) is 5.10 Å². The first kappa shape index (κ1) is 12.2. The second kappa shape index (κ2) is 5.29.